The highest BCUT2D eigenvalue weighted by Crippen LogP contribution is 2.49. The summed E-state index contributed by atoms with van der Waals surface area (Å²) >= 11 is 0. The molecular formula is C21H24N2O2. The first-order valence-corrected chi connectivity index (χ1v) is 8.55. The van der Waals surface area contributed by atoms with E-state index in [2.05, 4.69) is 50.4 Å². The molecule has 1 saturated carbocycles. The average molecular weight is 336 g/mol. The Morgan fingerprint density at radius 1 is 0.960 bits per heavy atom. The van der Waals surface area contributed by atoms with Crippen LogP contribution in [0.25, 0.3) is 0 Å². The van der Waals surface area contributed by atoms with Gasteiger partial charge in [0.25, 0.3) is 0 Å². The summed E-state index contributed by atoms with van der Waals surface area (Å²) in [5.41, 5.74) is 8.32. The van der Waals surface area contributed by atoms with Crippen LogP contribution in [0.15, 0.2) is 48.5 Å². The second-order valence-electron chi connectivity index (χ2n) is 7.81. The smallest absolute Gasteiger partial charge is 0.248 e. The third kappa shape index (κ3) is 3.43. The number of rotatable bonds is 4. The number of amides is 2. The van der Waals surface area contributed by atoms with Gasteiger partial charge < -0.3 is 11.1 Å². The standard InChI is InChI=1S/C21H24N2O2/c1-20(2,3)15-6-8-16(9-7-15)21(12-13-21)19(25)23-17-10-4-14(5-11-17)18(22)24/h4-11H,12-13H2,1-3H3,(H2,22,24)(H,23,25). The van der Waals surface area contributed by atoms with Gasteiger partial charge in [0.05, 0.1) is 5.41 Å². The van der Waals surface area contributed by atoms with Crippen LogP contribution in [0, 0.1) is 0 Å². The van der Waals surface area contributed by atoms with E-state index in [4.69, 9.17) is 5.73 Å². The Labute approximate surface area is 148 Å². The molecule has 2 aromatic carbocycles. The highest BCUT2D eigenvalue weighted by Gasteiger charge is 2.51. The molecule has 1 aliphatic carbocycles. The number of benzene rings is 2. The predicted molar refractivity (Wildman–Crippen MR) is 99.6 cm³/mol. The lowest BCUT2D eigenvalue weighted by Crippen LogP contribution is -2.28. The van der Waals surface area contributed by atoms with E-state index in [9.17, 15) is 9.59 Å². The summed E-state index contributed by atoms with van der Waals surface area (Å²) in [6, 6.07) is 15.0. The molecule has 0 aliphatic heterocycles. The SMILES string of the molecule is CC(C)(C)c1ccc(C2(C(=O)Nc3ccc(C(N)=O)cc3)CC2)cc1. The highest BCUT2D eigenvalue weighted by atomic mass is 16.2. The van der Waals surface area contributed by atoms with Gasteiger partial charge in [-0.05, 0) is 53.6 Å². The minimum Gasteiger partial charge on any atom is -0.366 e. The predicted octanol–water partition coefficient (Wildman–Crippen LogP) is 3.75. The van der Waals surface area contributed by atoms with Crippen molar-refractivity contribution in [2.45, 2.75) is 44.4 Å². The number of nitrogens with two attached hydrogens (primary N) is 1. The van der Waals surface area contributed by atoms with Crippen molar-refractivity contribution in [2.75, 3.05) is 5.32 Å². The molecule has 0 radical (unpaired) electrons. The topological polar surface area (TPSA) is 72.2 Å². The average Bonchev–Trinajstić information content (AvgIpc) is 3.36. The molecule has 25 heavy (non-hydrogen) atoms. The fourth-order valence-electron chi connectivity index (χ4n) is 3.03. The molecule has 130 valence electrons. The maximum Gasteiger partial charge on any atom is 0.248 e. The number of nitrogens with one attached hydrogen (secondary N) is 1. The van der Waals surface area contributed by atoms with Gasteiger partial charge in [0.2, 0.25) is 11.8 Å². The first-order valence-electron chi connectivity index (χ1n) is 8.55. The fraction of sp³-hybridized carbons (Fsp3) is 0.333. The Kier molecular flexibility index (Phi) is 4.15. The summed E-state index contributed by atoms with van der Waals surface area (Å²) < 4.78 is 0. The molecule has 2 aromatic rings. The summed E-state index contributed by atoms with van der Waals surface area (Å²) in [6.45, 7) is 6.53. The lowest BCUT2D eigenvalue weighted by atomic mass is 9.85. The molecule has 2 amide bonds. The first kappa shape index (κ1) is 17.2. The van der Waals surface area contributed by atoms with Crippen molar-refractivity contribution in [3.63, 3.8) is 0 Å². The van der Waals surface area contributed by atoms with Crippen molar-refractivity contribution in [3.05, 3.63) is 65.2 Å². The molecule has 0 atom stereocenters. The summed E-state index contributed by atoms with van der Waals surface area (Å²) in [5.74, 6) is -0.474. The lowest BCUT2D eigenvalue weighted by molar-refractivity contribution is -0.118. The van der Waals surface area contributed by atoms with E-state index >= 15 is 0 Å². The quantitative estimate of drug-likeness (QED) is 0.892. The van der Waals surface area contributed by atoms with E-state index in [-0.39, 0.29) is 11.3 Å². The van der Waals surface area contributed by atoms with E-state index in [1.807, 2.05) is 0 Å². The minimum atomic E-state index is -0.476. The highest BCUT2D eigenvalue weighted by molar-refractivity contribution is 6.01. The molecule has 0 bridgehead atoms. The number of hydrogen-bond donors (Lipinski definition) is 2. The van der Waals surface area contributed by atoms with Crippen LogP contribution >= 0.6 is 0 Å². The van der Waals surface area contributed by atoms with Crippen LogP contribution in [-0.4, -0.2) is 11.8 Å². The fourth-order valence-corrected chi connectivity index (χ4v) is 3.03. The molecule has 3 N–H and O–H groups in total. The van der Waals surface area contributed by atoms with Crippen LogP contribution in [0.5, 0.6) is 0 Å². The van der Waals surface area contributed by atoms with Crippen molar-refractivity contribution in [3.8, 4) is 0 Å². The molecule has 3 rings (SSSR count). The minimum absolute atomic E-state index is 0.00262. The van der Waals surface area contributed by atoms with Gasteiger partial charge in [-0.1, -0.05) is 45.0 Å². The van der Waals surface area contributed by atoms with Crippen molar-refractivity contribution in [1.29, 1.82) is 0 Å². The van der Waals surface area contributed by atoms with Gasteiger partial charge in [-0.3, -0.25) is 9.59 Å². The van der Waals surface area contributed by atoms with Crippen LogP contribution < -0.4 is 11.1 Å². The normalized spacial score (nSPS) is 15.5. The van der Waals surface area contributed by atoms with Crippen molar-refractivity contribution >= 4 is 17.5 Å². The number of carbonyl (C=O) groups excluding carboxylic acids is 2. The van der Waals surface area contributed by atoms with Gasteiger partial charge in [0, 0.05) is 11.3 Å². The molecule has 4 heteroatoms. The summed E-state index contributed by atoms with van der Waals surface area (Å²) in [4.78, 5) is 23.9. The monoisotopic (exact) mass is 336 g/mol. The zero-order valence-electron chi connectivity index (χ0n) is 14.9. The van der Waals surface area contributed by atoms with E-state index in [0.717, 1.165) is 18.4 Å². The molecular weight excluding hydrogens is 312 g/mol. The Morgan fingerprint density at radius 2 is 1.52 bits per heavy atom. The zero-order chi connectivity index (χ0) is 18.2. The third-order valence-corrected chi connectivity index (χ3v) is 4.92. The first-order chi connectivity index (χ1) is 11.7. The molecule has 0 spiro atoms. The lowest BCUT2D eigenvalue weighted by Gasteiger charge is -2.21. The maximum atomic E-state index is 12.8. The van der Waals surface area contributed by atoms with Gasteiger partial charge in [-0.25, -0.2) is 0 Å². The largest absolute Gasteiger partial charge is 0.366 e. The Balaban J connectivity index is 1.76. The Morgan fingerprint density at radius 3 is 1.96 bits per heavy atom. The van der Waals surface area contributed by atoms with Gasteiger partial charge in [-0.2, -0.15) is 0 Å². The van der Waals surface area contributed by atoms with Crippen molar-refractivity contribution in [2.24, 2.45) is 5.73 Å². The van der Waals surface area contributed by atoms with Crippen LogP contribution in [0.1, 0.15) is 55.1 Å². The van der Waals surface area contributed by atoms with Gasteiger partial charge in [0.15, 0.2) is 0 Å². The van der Waals surface area contributed by atoms with Crippen LogP contribution in [0.4, 0.5) is 5.69 Å². The number of carbonyl (C=O) groups is 2. The van der Waals surface area contributed by atoms with E-state index in [1.165, 1.54) is 5.56 Å². The second kappa shape index (κ2) is 6.03. The molecule has 0 aromatic heterocycles. The van der Waals surface area contributed by atoms with Gasteiger partial charge in [-0.15, -0.1) is 0 Å². The van der Waals surface area contributed by atoms with Crippen molar-refractivity contribution in [1.82, 2.24) is 0 Å². The van der Waals surface area contributed by atoms with Crippen LogP contribution in [0.3, 0.4) is 0 Å². The van der Waals surface area contributed by atoms with Gasteiger partial charge >= 0.3 is 0 Å². The molecule has 4 nitrogen and oxygen atoms in total. The third-order valence-electron chi connectivity index (χ3n) is 4.92. The van der Waals surface area contributed by atoms with E-state index in [0.29, 0.717) is 11.3 Å². The Hall–Kier alpha value is -2.62. The number of hydrogen-bond acceptors (Lipinski definition) is 2. The van der Waals surface area contributed by atoms with Gasteiger partial charge in [0.1, 0.15) is 0 Å². The zero-order valence-corrected chi connectivity index (χ0v) is 14.9. The summed E-state index contributed by atoms with van der Waals surface area (Å²) in [7, 11) is 0. The van der Waals surface area contributed by atoms with Crippen LogP contribution in [-0.2, 0) is 15.6 Å². The molecule has 0 unspecified atom stereocenters. The second-order valence-corrected chi connectivity index (χ2v) is 7.81. The maximum absolute atomic E-state index is 12.8. The summed E-state index contributed by atoms with van der Waals surface area (Å²) in [6.07, 6.45) is 1.71. The van der Waals surface area contributed by atoms with E-state index in [1.54, 1.807) is 24.3 Å². The number of anilines is 1. The summed E-state index contributed by atoms with van der Waals surface area (Å²) in [5, 5.41) is 2.96. The number of primary amides is 1. The molecule has 0 saturated heterocycles. The van der Waals surface area contributed by atoms with Crippen molar-refractivity contribution < 1.29 is 9.59 Å². The molecule has 1 fully saturated rings. The Bertz CT molecular complexity index is 795. The van der Waals surface area contributed by atoms with Crippen LogP contribution in [0.2, 0.25) is 0 Å². The molecule has 1 aliphatic rings. The van der Waals surface area contributed by atoms with E-state index < -0.39 is 11.3 Å². The molecule has 0 heterocycles.